The van der Waals surface area contributed by atoms with Crippen LogP contribution in [0.3, 0.4) is 0 Å². The fourth-order valence-electron chi connectivity index (χ4n) is 5.22. The molecule has 2 heterocycles. The summed E-state index contributed by atoms with van der Waals surface area (Å²) < 4.78 is 21.3. The van der Waals surface area contributed by atoms with Gasteiger partial charge in [-0.25, -0.2) is 4.39 Å². The molecule has 0 saturated carbocycles. The SMILES string of the molecule is CCC(c1ccc(F)cc1)C(c1c(Cl)c(=O)[nH]n1C)N1CCC(CCOc2ccc(Cl)cc2)CC1. The van der Waals surface area contributed by atoms with Gasteiger partial charge in [0, 0.05) is 18.0 Å². The van der Waals surface area contributed by atoms with Crippen LogP contribution in [0.25, 0.3) is 0 Å². The predicted octanol–water partition coefficient (Wildman–Crippen LogP) is 6.58. The van der Waals surface area contributed by atoms with Crippen molar-refractivity contribution in [2.75, 3.05) is 19.7 Å². The zero-order chi connectivity index (χ0) is 24.9. The Balaban J connectivity index is 1.47. The van der Waals surface area contributed by atoms with E-state index in [2.05, 4.69) is 16.9 Å². The van der Waals surface area contributed by atoms with Crippen LogP contribution in [0, 0.1) is 11.7 Å². The Kier molecular flexibility index (Phi) is 8.58. The van der Waals surface area contributed by atoms with Crippen molar-refractivity contribution in [2.45, 2.75) is 44.6 Å². The molecule has 8 heteroatoms. The van der Waals surface area contributed by atoms with E-state index in [1.807, 2.05) is 43.4 Å². The van der Waals surface area contributed by atoms with E-state index in [0.717, 1.165) is 55.8 Å². The molecule has 1 fully saturated rings. The van der Waals surface area contributed by atoms with Crippen LogP contribution in [0.4, 0.5) is 4.39 Å². The number of benzene rings is 2. The van der Waals surface area contributed by atoms with Gasteiger partial charge in [0.05, 0.1) is 18.3 Å². The number of ether oxygens (including phenoxy) is 1. The molecule has 0 radical (unpaired) electrons. The number of nitrogens with zero attached hydrogens (tertiary/aromatic N) is 2. The number of aromatic amines is 1. The molecule has 2 atom stereocenters. The quantitative estimate of drug-likeness (QED) is 0.347. The number of nitrogens with one attached hydrogen (secondary N) is 1. The van der Waals surface area contributed by atoms with Crippen LogP contribution in [0.1, 0.15) is 55.8 Å². The first-order valence-electron chi connectivity index (χ1n) is 12.2. The molecule has 4 rings (SSSR count). The second kappa shape index (κ2) is 11.6. The summed E-state index contributed by atoms with van der Waals surface area (Å²) >= 11 is 12.5. The minimum absolute atomic E-state index is 0.0688. The van der Waals surface area contributed by atoms with Crippen LogP contribution >= 0.6 is 23.2 Å². The Labute approximate surface area is 215 Å². The maximum absolute atomic E-state index is 13.6. The summed E-state index contributed by atoms with van der Waals surface area (Å²) in [5.74, 6) is 1.21. The second-order valence-corrected chi connectivity index (χ2v) is 10.1. The van der Waals surface area contributed by atoms with Crippen molar-refractivity contribution in [3.8, 4) is 5.75 Å². The molecule has 1 aliphatic heterocycles. The van der Waals surface area contributed by atoms with Gasteiger partial charge >= 0.3 is 0 Å². The summed E-state index contributed by atoms with van der Waals surface area (Å²) in [6.07, 6.45) is 3.90. The number of halogens is 3. The first-order chi connectivity index (χ1) is 16.9. The maximum Gasteiger partial charge on any atom is 0.283 e. The minimum atomic E-state index is -0.280. The number of likely N-dealkylation sites (tertiary alicyclic amines) is 1. The van der Waals surface area contributed by atoms with Crippen molar-refractivity contribution in [1.82, 2.24) is 14.7 Å². The predicted molar refractivity (Wildman–Crippen MR) is 139 cm³/mol. The molecule has 1 N–H and O–H groups in total. The Morgan fingerprint density at radius 3 is 2.31 bits per heavy atom. The van der Waals surface area contributed by atoms with Crippen LogP contribution in [0.5, 0.6) is 5.75 Å². The van der Waals surface area contributed by atoms with Gasteiger partial charge in [0.15, 0.2) is 0 Å². The Morgan fingerprint density at radius 2 is 1.74 bits per heavy atom. The van der Waals surface area contributed by atoms with Crippen molar-refractivity contribution in [3.63, 3.8) is 0 Å². The summed E-state index contributed by atoms with van der Waals surface area (Å²) in [6, 6.07) is 14.0. The molecule has 1 aliphatic rings. The van der Waals surface area contributed by atoms with E-state index in [1.54, 1.807) is 4.68 Å². The lowest BCUT2D eigenvalue weighted by Gasteiger charge is -2.41. The van der Waals surface area contributed by atoms with Gasteiger partial charge in [0.1, 0.15) is 16.6 Å². The van der Waals surface area contributed by atoms with Crippen molar-refractivity contribution in [2.24, 2.45) is 13.0 Å². The third kappa shape index (κ3) is 6.11. The molecule has 0 amide bonds. The van der Waals surface area contributed by atoms with E-state index < -0.39 is 0 Å². The number of aromatic nitrogens is 2. The number of aryl methyl sites for hydroxylation is 1. The van der Waals surface area contributed by atoms with Crippen molar-refractivity contribution < 1.29 is 9.13 Å². The molecular weight excluding hydrogens is 488 g/mol. The summed E-state index contributed by atoms with van der Waals surface area (Å²) in [4.78, 5) is 14.8. The molecule has 1 saturated heterocycles. The molecule has 1 aromatic heterocycles. The van der Waals surface area contributed by atoms with Gasteiger partial charge < -0.3 is 4.74 Å². The Bertz CT molecular complexity index is 1150. The lowest BCUT2D eigenvalue weighted by molar-refractivity contribution is 0.0997. The van der Waals surface area contributed by atoms with Crippen LogP contribution < -0.4 is 10.3 Å². The van der Waals surface area contributed by atoms with Gasteiger partial charge in [-0.1, -0.05) is 42.3 Å². The summed E-state index contributed by atoms with van der Waals surface area (Å²) in [5, 5.41) is 3.74. The highest BCUT2D eigenvalue weighted by Gasteiger charge is 2.36. The van der Waals surface area contributed by atoms with Crippen molar-refractivity contribution >= 4 is 23.2 Å². The van der Waals surface area contributed by atoms with Gasteiger partial charge in [-0.05, 0) is 86.7 Å². The van der Waals surface area contributed by atoms with Gasteiger partial charge in [0.2, 0.25) is 0 Å². The van der Waals surface area contributed by atoms with Crippen LogP contribution in [0.15, 0.2) is 53.3 Å². The zero-order valence-corrected chi connectivity index (χ0v) is 21.7. The van der Waals surface area contributed by atoms with E-state index in [4.69, 9.17) is 27.9 Å². The monoisotopic (exact) mass is 519 g/mol. The molecule has 0 spiro atoms. The molecule has 2 aromatic carbocycles. The summed E-state index contributed by atoms with van der Waals surface area (Å²) in [6.45, 7) is 4.58. The van der Waals surface area contributed by atoms with E-state index in [9.17, 15) is 9.18 Å². The lowest BCUT2D eigenvalue weighted by atomic mass is 9.84. The van der Waals surface area contributed by atoms with Crippen molar-refractivity contribution in [3.05, 3.63) is 86.0 Å². The number of piperidine rings is 1. The second-order valence-electron chi connectivity index (χ2n) is 9.28. The average molecular weight is 520 g/mol. The van der Waals surface area contributed by atoms with Gasteiger partial charge in [-0.15, -0.1) is 0 Å². The highest BCUT2D eigenvalue weighted by Crippen LogP contribution is 2.42. The van der Waals surface area contributed by atoms with E-state index >= 15 is 0 Å². The number of hydrogen-bond donors (Lipinski definition) is 1. The average Bonchev–Trinajstić information content (AvgIpc) is 3.11. The normalized spacial score (nSPS) is 16.8. The summed E-state index contributed by atoms with van der Waals surface area (Å²) in [5.41, 5.74) is 1.55. The molecule has 3 aromatic rings. The Hall–Kier alpha value is -2.28. The highest BCUT2D eigenvalue weighted by atomic mass is 35.5. The minimum Gasteiger partial charge on any atom is -0.494 e. The highest BCUT2D eigenvalue weighted by molar-refractivity contribution is 6.31. The molecule has 2 unspecified atom stereocenters. The first-order valence-corrected chi connectivity index (χ1v) is 12.9. The van der Waals surface area contributed by atoms with Crippen LogP contribution in [0.2, 0.25) is 10.0 Å². The van der Waals surface area contributed by atoms with Crippen LogP contribution in [-0.4, -0.2) is 34.4 Å². The zero-order valence-electron chi connectivity index (χ0n) is 20.1. The Morgan fingerprint density at radius 1 is 1.09 bits per heavy atom. The molecule has 188 valence electrons. The fourth-order valence-corrected chi connectivity index (χ4v) is 5.62. The number of rotatable bonds is 9. The molecule has 0 aliphatic carbocycles. The first kappa shape index (κ1) is 25.8. The van der Waals surface area contributed by atoms with Gasteiger partial charge in [-0.3, -0.25) is 19.5 Å². The molecule has 0 bridgehead atoms. The standard InChI is InChI=1S/C27H32Cl2FN3O2/c1-3-23(19-4-8-21(30)9-5-19)25(26-24(29)27(34)31-32(26)2)33-15-12-18(13-16-33)14-17-35-22-10-6-20(28)7-11-22/h4-11,18,23,25H,3,12-17H2,1-2H3,(H,31,34). The fraction of sp³-hybridized carbons (Fsp3) is 0.444. The third-order valence-electron chi connectivity index (χ3n) is 7.11. The number of H-pyrrole nitrogens is 1. The van der Waals surface area contributed by atoms with E-state index in [-0.39, 0.29) is 28.4 Å². The largest absolute Gasteiger partial charge is 0.494 e. The molecule has 5 nitrogen and oxygen atoms in total. The molecular formula is C27H32Cl2FN3O2. The lowest BCUT2D eigenvalue weighted by Crippen LogP contribution is -2.40. The third-order valence-corrected chi connectivity index (χ3v) is 7.72. The van der Waals surface area contributed by atoms with Gasteiger partial charge in [0.25, 0.3) is 5.56 Å². The summed E-state index contributed by atoms with van der Waals surface area (Å²) in [7, 11) is 1.83. The smallest absolute Gasteiger partial charge is 0.283 e. The van der Waals surface area contributed by atoms with E-state index in [1.165, 1.54) is 12.1 Å². The van der Waals surface area contributed by atoms with Crippen LogP contribution in [-0.2, 0) is 7.05 Å². The topological polar surface area (TPSA) is 50.3 Å². The van der Waals surface area contributed by atoms with Gasteiger partial charge in [-0.2, -0.15) is 0 Å². The van der Waals surface area contributed by atoms with E-state index in [0.29, 0.717) is 17.5 Å². The maximum atomic E-state index is 13.6. The van der Waals surface area contributed by atoms with Crippen molar-refractivity contribution in [1.29, 1.82) is 0 Å². The number of hydrogen-bond acceptors (Lipinski definition) is 3. The molecule has 35 heavy (non-hydrogen) atoms.